The Morgan fingerprint density at radius 3 is 2.51 bits per heavy atom. The van der Waals surface area contributed by atoms with E-state index >= 15 is 0 Å². The number of hydrogen-bond donors (Lipinski definition) is 3. The molecule has 2 aromatic rings. The van der Waals surface area contributed by atoms with E-state index in [2.05, 4.69) is 22.5 Å². The molecule has 0 bridgehead atoms. The number of anilines is 1. The van der Waals surface area contributed by atoms with Crippen molar-refractivity contribution in [1.82, 2.24) is 5.32 Å². The van der Waals surface area contributed by atoms with Gasteiger partial charge >= 0.3 is 0 Å². The van der Waals surface area contributed by atoms with E-state index in [1.54, 1.807) is 24.3 Å². The average molecular weight is 479 g/mol. The molecular weight excluding hydrogens is 448 g/mol. The Labute approximate surface area is 204 Å². The Kier molecular flexibility index (Phi) is 9.28. The van der Waals surface area contributed by atoms with Gasteiger partial charge < -0.3 is 20.5 Å². The maximum absolute atomic E-state index is 13.0. The lowest BCUT2D eigenvalue weighted by atomic mass is 9.96. The number of amides is 3. The summed E-state index contributed by atoms with van der Waals surface area (Å²) in [6.07, 6.45) is 4.77. The Morgan fingerprint density at radius 2 is 1.83 bits per heavy atom. The number of carbonyl (C=O) groups excluding carboxylic acids is 3. The van der Waals surface area contributed by atoms with E-state index in [4.69, 9.17) is 15.2 Å². The van der Waals surface area contributed by atoms with Gasteiger partial charge in [0.2, 0.25) is 5.91 Å². The van der Waals surface area contributed by atoms with Crippen LogP contribution in [0, 0.1) is 0 Å². The second-order valence-corrected chi connectivity index (χ2v) is 8.00. The van der Waals surface area contributed by atoms with Gasteiger partial charge in [-0.1, -0.05) is 43.7 Å². The van der Waals surface area contributed by atoms with Gasteiger partial charge in [0, 0.05) is 11.9 Å². The van der Waals surface area contributed by atoms with E-state index in [0.29, 0.717) is 18.0 Å². The normalized spacial score (nSPS) is 16.8. The van der Waals surface area contributed by atoms with Crippen LogP contribution in [0.2, 0.25) is 0 Å². The zero-order chi connectivity index (χ0) is 25.1. The molecule has 0 spiro atoms. The number of benzene rings is 2. The highest BCUT2D eigenvalue weighted by Crippen LogP contribution is 2.24. The lowest BCUT2D eigenvalue weighted by Gasteiger charge is -2.30. The van der Waals surface area contributed by atoms with Crippen molar-refractivity contribution in [2.45, 2.75) is 32.0 Å². The van der Waals surface area contributed by atoms with Crippen LogP contribution >= 0.6 is 0 Å². The number of aliphatic imine (C=N–C) groups is 1. The van der Waals surface area contributed by atoms with Crippen LogP contribution in [0.1, 0.15) is 25.3 Å². The van der Waals surface area contributed by atoms with Crippen LogP contribution in [0.4, 0.5) is 5.69 Å². The van der Waals surface area contributed by atoms with Crippen LogP contribution in [0.25, 0.3) is 0 Å². The maximum Gasteiger partial charge on any atom is 0.264 e. The molecule has 35 heavy (non-hydrogen) atoms. The molecule has 9 nitrogen and oxygen atoms in total. The predicted molar refractivity (Wildman–Crippen MR) is 133 cm³/mol. The molecule has 9 heteroatoms. The van der Waals surface area contributed by atoms with Crippen molar-refractivity contribution in [2.24, 2.45) is 10.7 Å². The monoisotopic (exact) mass is 478 g/mol. The summed E-state index contributed by atoms with van der Waals surface area (Å²) < 4.78 is 11.6. The molecule has 1 heterocycles. The number of nitrogens with two attached hydrogens (primary N) is 1. The molecule has 0 saturated heterocycles. The third-order valence-electron chi connectivity index (χ3n) is 5.25. The van der Waals surface area contributed by atoms with Gasteiger partial charge in [0.1, 0.15) is 5.75 Å². The molecule has 2 aromatic carbocycles. The van der Waals surface area contributed by atoms with E-state index < -0.39 is 23.3 Å². The minimum Gasteiger partial charge on any atom is -0.494 e. The average Bonchev–Trinajstić information content (AvgIpc) is 2.89. The first-order valence-corrected chi connectivity index (χ1v) is 11.4. The summed E-state index contributed by atoms with van der Waals surface area (Å²) in [4.78, 5) is 41.9. The molecule has 1 aliphatic rings. The van der Waals surface area contributed by atoms with Crippen LogP contribution in [0.15, 0.2) is 71.2 Å². The van der Waals surface area contributed by atoms with E-state index in [-0.39, 0.29) is 25.3 Å². The van der Waals surface area contributed by atoms with E-state index in [1.807, 2.05) is 30.3 Å². The standard InChI is InChI=1S/C26H30N4O5/c1-2-3-13-34-22-11-9-21(10-12-22)29-24(32)20-14-26(18-28-16-20,25(33)30-23(31)15-27)35-17-19-7-5-4-6-8-19/h4-12,14,16H,2-3,13,15,17-18,27H2,1H3,(H,29,32)(H,30,31,33). The molecule has 0 radical (unpaired) electrons. The van der Waals surface area contributed by atoms with Crippen LogP contribution in [-0.2, 0) is 25.7 Å². The fourth-order valence-corrected chi connectivity index (χ4v) is 3.27. The number of rotatable bonds is 11. The maximum atomic E-state index is 13.0. The molecule has 1 aliphatic heterocycles. The highest BCUT2D eigenvalue weighted by atomic mass is 16.5. The molecule has 0 fully saturated rings. The number of unbranched alkanes of at least 4 members (excludes halogenated alkanes) is 1. The van der Waals surface area contributed by atoms with Gasteiger partial charge in [-0.15, -0.1) is 0 Å². The van der Waals surface area contributed by atoms with Crippen LogP contribution < -0.4 is 21.1 Å². The number of ether oxygens (including phenoxy) is 2. The third kappa shape index (κ3) is 7.33. The first-order valence-electron chi connectivity index (χ1n) is 11.4. The number of carbonyl (C=O) groups is 3. The molecule has 3 amide bonds. The molecule has 1 unspecified atom stereocenters. The summed E-state index contributed by atoms with van der Waals surface area (Å²) in [5, 5.41) is 5.00. The van der Waals surface area contributed by atoms with Gasteiger partial charge in [-0.25, -0.2) is 0 Å². The first kappa shape index (κ1) is 25.8. The van der Waals surface area contributed by atoms with Crippen molar-refractivity contribution in [3.8, 4) is 5.75 Å². The van der Waals surface area contributed by atoms with Crippen LogP contribution in [0.3, 0.4) is 0 Å². The van der Waals surface area contributed by atoms with Crippen molar-refractivity contribution >= 4 is 29.6 Å². The summed E-state index contributed by atoms with van der Waals surface area (Å²) >= 11 is 0. The molecule has 0 aromatic heterocycles. The Morgan fingerprint density at radius 1 is 1.09 bits per heavy atom. The topological polar surface area (TPSA) is 132 Å². The smallest absolute Gasteiger partial charge is 0.264 e. The van der Waals surface area contributed by atoms with Crippen molar-refractivity contribution in [2.75, 3.05) is 25.0 Å². The zero-order valence-electron chi connectivity index (χ0n) is 19.7. The number of imide groups is 1. The third-order valence-corrected chi connectivity index (χ3v) is 5.25. The van der Waals surface area contributed by atoms with E-state index in [9.17, 15) is 14.4 Å². The number of nitrogens with one attached hydrogen (secondary N) is 2. The Hall–Kier alpha value is -3.82. The van der Waals surface area contributed by atoms with Crippen molar-refractivity contribution in [3.05, 3.63) is 71.8 Å². The molecule has 184 valence electrons. The fourth-order valence-electron chi connectivity index (χ4n) is 3.27. The summed E-state index contributed by atoms with van der Waals surface area (Å²) in [7, 11) is 0. The second-order valence-electron chi connectivity index (χ2n) is 8.00. The number of nitrogens with zero attached hydrogens (tertiary/aromatic N) is 1. The molecule has 0 saturated carbocycles. The van der Waals surface area contributed by atoms with Gasteiger partial charge in [0.25, 0.3) is 11.8 Å². The fraction of sp³-hybridized carbons (Fsp3) is 0.308. The van der Waals surface area contributed by atoms with Crippen LogP contribution in [0.5, 0.6) is 5.75 Å². The molecule has 0 aliphatic carbocycles. The van der Waals surface area contributed by atoms with Crippen molar-refractivity contribution < 1.29 is 23.9 Å². The summed E-state index contributed by atoms with van der Waals surface area (Å²) in [6, 6.07) is 16.2. The minimum atomic E-state index is -1.65. The SMILES string of the molecule is CCCCOc1ccc(NC(=O)C2=CC(OCc3ccccc3)(C(=O)NC(=O)CN)CN=C2)cc1. The van der Waals surface area contributed by atoms with Gasteiger partial charge in [-0.2, -0.15) is 0 Å². The minimum absolute atomic E-state index is 0.0749. The molecular formula is C26H30N4O5. The molecule has 4 N–H and O–H groups in total. The molecule has 1 atom stereocenters. The van der Waals surface area contributed by atoms with Crippen LogP contribution in [-0.4, -0.2) is 49.2 Å². The lowest BCUT2D eigenvalue weighted by molar-refractivity contribution is -0.145. The zero-order valence-corrected chi connectivity index (χ0v) is 19.7. The van der Waals surface area contributed by atoms with E-state index in [0.717, 1.165) is 18.4 Å². The second kappa shape index (κ2) is 12.6. The predicted octanol–water partition coefficient (Wildman–Crippen LogP) is 2.37. The number of dihydropyridines is 1. The quantitative estimate of drug-likeness (QED) is 0.425. The summed E-state index contributed by atoms with van der Waals surface area (Å²) in [6.45, 7) is 2.34. The van der Waals surface area contributed by atoms with Crippen molar-refractivity contribution in [3.63, 3.8) is 0 Å². The van der Waals surface area contributed by atoms with Crippen molar-refractivity contribution in [1.29, 1.82) is 0 Å². The summed E-state index contributed by atoms with van der Waals surface area (Å²) in [5.41, 5.74) is 5.19. The van der Waals surface area contributed by atoms with E-state index in [1.165, 1.54) is 12.3 Å². The highest BCUT2D eigenvalue weighted by molar-refractivity contribution is 6.19. The van der Waals surface area contributed by atoms with Gasteiger partial charge in [0.15, 0.2) is 5.60 Å². The Bertz CT molecular complexity index is 1080. The highest BCUT2D eigenvalue weighted by Gasteiger charge is 2.41. The lowest BCUT2D eigenvalue weighted by Crippen LogP contribution is -2.54. The van der Waals surface area contributed by atoms with Gasteiger partial charge in [-0.05, 0) is 42.3 Å². The Balaban J connectivity index is 1.76. The summed E-state index contributed by atoms with van der Waals surface area (Å²) in [5.74, 6) is -1.16. The number of hydrogen-bond acceptors (Lipinski definition) is 7. The largest absolute Gasteiger partial charge is 0.494 e. The molecule has 3 rings (SSSR count). The van der Waals surface area contributed by atoms with Gasteiger partial charge in [0.05, 0.1) is 31.9 Å². The first-order chi connectivity index (χ1) is 17.0. The van der Waals surface area contributed by atoms with Gasteiger partial charge in [-0.3, -0.25) is 24.7 Å².